The lowest BCUT2D eigenvalue weighted by Gasteiger charge is -2.10. The number of nitrogens with one attached hydrogen (secondary N) is 1. The second kappa shape index (κ2) is 6.78. The fraction of sp³-hybridized carbons (Fsp3) is 0.462. The number of benzene rings is 1. The molecule has 94 valence electrons. The lowest BCUT2D eigenvalue weighted by atomic mass is 10.1. The molecule has 0 radical (unpaired) electrons. The van der Waals surface area contributed by atoms with Gasteiger partial charge in [-0.2, -0.15) is 0 Å². The van der Waals surface area contributed by atoms with Crippen LogP contribution in [-0.2, 0) is 0 Å². The summed E-state index contributed by atoms with van der Waals surface area (Å²) in [6.07, 6.45) is 3.34. The molecule has 1 aromatic rings. The third kappa shape index (κ3) is 3.98. The van der Waals surface area contributed by atoms with E-state index in [1.807, 2.05) is 0 Å². The van der Waals surface area contributed by atoms with E-state index in [0.717, 1.165) is 25.8 Å². The van der Waals surface area contributed by atoms with Crippen molar-refractivity contribution in [1.82, 2.24) is 0 Å². The molecule has 0 aliphatic carbocycles. The van der Waals surface area contributed by atoms with E-state index in [0.29, 0.717) is 11.4 Å². The van der Waals surface area contributed by atoms with Gasteiger partial charge in [-0.05, 0) is 24.6 Å². The maximum Gasteiger partial charge on any atom is 0.337 e. The summed E-state index contributed by atoms with van der Waals surface area (Å²) in [4.78, 5) is 11.1. The summed E-state index contributed by atoms with van der Waals surface area (Å²) in [7, 11) is 1.52. The fourth-order valence-corrected chi connectivity index (χ4v) is 1.58. The minimum absolute atomic E-state index is 0.251. The summed E-state index contributed by atoms with van der Waals surface area (Å²) in [5, 5.41) is 12.2. The molecule has 1 aromatic carbocycles. The normalized spacial score (nSPS) is 10.0. The van der Waals surface area contributed by atoms with Crippen molar-refractivity contribution >= 4 is 11.7 Å². The van der Waals surface area contributed by atoms with Gasteiger partial charge >= 0.3 is 5.97 Å². The number of carboxylic acids is 1. The van der Waals surface area contributed by atoms with Crippen LogP contribution in [0.3, 0.4) is 0 Å². The molecule has 0 aliphatic heterocycles. The highest BCUT2D eigenvalue weighted by Gasteiger charge is 2.10. The molecule has 17 heavy (non-hydrogen) atoms. The van der Waals surface area contributed by atoms with Crippen molar-refractivity contribution in [3.8, 4) is 5.75 Å². The maximum absolute atomic E-state index is 11.1. The lowest BCUT2D eigenvalue weighted by molar-refractivity contribution is 0.0697. The van der Waals surface area contributed by atoms with E-state index in [1.54, 1.807) is 12.1 Å². The molecule has 0 saturated carbocycles. The SMILES string of the molecule is CCCCCNc1ccc(OC)cc1C(=O)O. The molecule has 0 fully saturated rings. The average Bonchev–Trinajstić information content (AvgIpc) is 2.34. The Morgan fingerprint density at radius 3 is 2.76 bits per heavy atom. The van der Waals surface area contributed by atoms with Crippen LogP contribution in [0.1, 0.15) is 36.5 Å². The standard InChI is InChI=1S/C13H19NO3/c1-3-4-5-8-14-12-7-6-10(17-2)9-11(12)13(15)16/h6-7,9,14H,3-5,8H2,1-2H3,(H,15,16). The molecular weight excluding hydrogens is 218 g/mol. The molecule has 2 N–H and O–H groups in total. The Bertz CT molecular complexity index is 377. The van der Waals surface area contributed by atoms with E-state index >= 15 is 0 Å². The summed E-state index contributed by atoms with van der Waals surface area (Å²) >= 11 is 0. The first-order valence-corrected chi connectivity index (χ1v) is 5.84. The van der Waals surface area contributed by atoms with Crippen molar-refractivity contribution in [2.24, 2.45) is 0 Å². The topological polar surface area (TPSA) is 58.6 Å². The molecule has 4 nitrogen and oxygen atoms in total. The Hall–Kier alpha value is -1.71. The first-order valence-electron chi connectivity index (χ1n) is 5.84. The molecule has 4 heteroatoms. The van der Waals surface area contributed by atoms with Crippen LogP contribution in [0.25, 0.3) is 0 Å². The number of anilines is 1. The average molecular weight is 237 g/mol. The first-order chi connectivity index (χ1) is 8.19. The molecule has 0 spiro atoms. The van der Waals surface area contributed by atoms with Crippen LogP contribution < -0.4 is 10.1 Å². The highest BCUT2D eigenvalue weighted by Crippen LogP contribution is 2.22. The zero-order chi connectivity index (χ0) is 12.7. The van der Waals surface area contributed by atoms with Crippen LogP contribution in [0.4, 0.5) is 5.69 Å². The zero-order valence-electron chi connectivity index (χ0n) is 10.3. The van der Waals surface area contributed by atoms with Gasteiger partial charge in [0.1, 0.15) is 5.75 Å². The van der Waals surface area contributed by atoms with Crippen molar-refractivity contribution in [3.05, 3.63) is 23.8 Å². The van der Waals surface area contributed by atoms with E-state index < -0.39 is 5.97 Å². The Morgan fingerprint density at radius 1 is 1.41 bits per heavy atom. The third-order valence-electron chi connectivity index (χ3n) is 2.55. The number of hydrogen-bond acceptors (Lipinski definition) is 3. The van der Waals surface area contributed by atoms with E-state index in [4.69, 9.17) is 9.84 Å². The van der Waals surface area contributed by atoms with Gasteiger partial charge in [0.05, 0.1) is 12.7 Å². The molecule has 0 saturated heterocycles. The zero-order valence-corrected chi connectivity index (χ0v) is 10.3. The maximum atomic E-state index is 11.1. The first kappa shape index (κ1) is 13.4. The molecule has 0 atom stereocenters. The summed E-state index contributed by atoms with van der Waals surface area (Å²) in [6, 6.07) is 5.04. The van der Waals surface area contributed by atoms with E-state index in [2.05, 4.69) is 12.2 Å². The summed E-state index contributed by atoms with van der Waals surface area (Å²) < 4.78 is 5.01. The highest BCUT2D eigenvalue weighted by atomic mass is 16.5. The molecule has 1 rings (SSSR count). The second-order valence-corrected chi connectivity index (χ2v) is 3.85. The molecule has 0 aliphatic rings. The van der Waals surface area contributed by atoms with Gasteiger partial charge in [0.15, 0.2) is 0 Å². The Kier molecular flexibility index (Phi) is 5.33. The highest BCUT2D eigenvalue weighted by molar-refractivity contribution is 5.94. The van der Waals surface area contributed by atoms with Crippen LogP contribution in [-0.4, -0.2) is 24.7 Å². The third-order valence-corrected chi connectivity index (χ3v) is 2.55. The predicted molar refractivity (Wildman–Crippen MR) is 68.0 cm³/mol. The van der Waals surface area contributed by atoms with Crippen LogP contribution >= 0.6 is 0 Å². The number of aromatic carboxylic acids is 1. The van der Waals surface area contributed by atoms with Crippen molar-refractivity contribution in [2.45, 2.75) is 26.2 Å². The van der Waals surface area contributed by atoms with Gasteiger partial charge in [0.2, 0.25) is 0 Å². The molecule has 0 bridgehead atoms. The summed E-state index contributed by atoms with van der Waals surface area (Å²) in [5.41, 5.74) is 0.898. The molecule has 0 aromatic heterocycles. The van der Waals surface area contributed by atoms with Gasteiger partial charge in [-0.25, -0.2) is 4.79 Å². The van der Waals surface area contributed by atoms with Crippen molar-refractivity contribution in [2.75, 3.05) is 19.0 Å². The Labute approximate surface area is 102 Å². The fourth-order valence-electron chi connectivity index (χ4n) is 1.58. The van der Waals surface area contributed by atoms with Gasteiger partial charge in [-0.15, -0.1) is 0 Å². The number of ether oxygens (including phenoxy) is 1. The van der Waals surface area contributed by atoms with Crippen molar-refractivity contribution in [3.63, 3.8) is 0 Å². The van der Waals surface area contributed by atoms with E-state index in [9.17, 15) is 4.79 Å². The Morgan fingerprint density at radius 2 is 2.18 bits per heavy atom. The summed E-state index contributed by atoms with van der Waals surface area (Å²) in [6.45, 7) is 2.93. The van der Waals surface area contributed by atoms with E-state index in [-0.39, 0.29) is 5.56 Å². The van der Waals surface area contributed by atoms with Crippen LogP contribution in [0.5, 0.6) is 5.75 Å². The smallest absolute Gasteiger partial charge is 0.337 e. The quantitative estimate of drug-likeness (QED) is 0.716. The molecular formula is C13H19NO3. The van der Waals surface area contributed by atoms with Gasteiger partial charge in [-0.1, -0.05) is 19.8 Å². The number of methoxy groups -OCH3 is 1. The van der Waals surface area contributed by atoms with Gasteiger partial charge in [0.25, 0.3) is 0 Å². The van der Waals surface area contributed by atoms with Gasteiger partial charge in [-0.3, -0.25) is 0 Å². The number of hydrogen-bond donors (Lipinski definition) is 2. The van der Waals surface area contributed by atoms with Crippen molar-refractivity contribution < 1.29 is 14.6 Å². The van der Waals surface area contributed by atoms with Gasteiger partial charge in [0, 0.05) is 12.2 Å². The van der Waals surface area contributed by atoms with E-state index in [1.165, 1.54) is 13.2 Å². The predicted octanol–water partition coefficient (Wildman–Crippen LogP) is 3.00. The van der Waals surface area contributed by atoms with Crippen LogP contribution in [0, 0.1) is 0 Å². The van der Waals surface area contributed by atoms with Crippen LogP contribution in [0.2, 0.25) is 0 Å². The molecule has 0 unspecified atom stereocenters. The number of carboxylic acid groups (broad SMARTS) is 1. The number of unbranched alkanes of at least 4 members (excludes halogenated alkanes) is 2. The Balaban J connectivity index is 2.73. The molecule has 0 amide bonds. The second-order valence-electron chi connectivity index (χ2n) is 3.85. The minimum atomic E-state index is -0.943. The van der Waals surface area contributed by atoms with Gasteiger partial charge < -0.3 is 15.2 Å². The molecule has 0 heterocycles. The summed E-state index contributed by atoms with van der Waals surface area (Å²) in [5.74, 6) is -0.386. The number of carbonyl (C=O) groups is 1. The number of rotatable bonds is 7. The lowest BCUT2D eigenvalue weighted by Crippen LogP contribution is -2.07. The van der Waals surface area contributed by atoms with Crippen LogP contribution in [0.15, 0.2) is 18.2 Å². The van der Waals surface area contributed by atoms with Crippen molar-refractivity contribution in [1.29, 1.82) is 0 Å². The largest absolute Gasteiger partial charge is 0.497 e. The monoisotopic (exact) mass is 237 g/mol. The minimum Gasteiger partial charge on any atom is -0.497 e.